The Hall–Kier alpha value is -1.46. The topological polar surface area (TPSA) is 41.6 Å². The Morgan fingerprint density at radius 3 is 2.62 bits per heavy atom. The zero-order valence-corrected chi connectivity index (χ0v) is 14.6. The van der Waals surface area contributed by atoms with E-state index in [1.54, 1.807) is 6.07 Å². The first-order valence-electron chi connectivity index (χ1n) is 8.81. The van der Waals surface area contributed by atoms with Gasteiger partial charge < -0.3 is 10.1 Å². The van der Waals surface area contributed by atoms with E-state index in [2.05, 4.69) is 24.1 Å². The van der Waals surface area contributed by atoms with Crippen LogP contribution in [0.3, 0.4) is 0 Å². The van der Waals surface area contributed by atoms with E-state index in [1.807, 2.05) is 6.07 Å². The first kappa shape index (κ1) is 17.4. The predicted molar refractivity (Wildman–Crippen MR) is 91.4 cm³/mol. The summed E-state index contributed by atoms with van der Waals surface area (Å²) >= 11 is 0. The lowest BCUT2D eigenvalue weighted by molar-refractivity contribution is -0.130. The van der Waals surface area contributed by atoms with E-state index >= 15 is 0 Å². The van der Waals surface area contributed by atoms with Gasteiger partial charge in [-0.05, 0) is 44.4 Å². The van der Waals surface area contributed by atoms with Crippen molar-refractivity contribution in [3.05, 3.63) is 35.6 Å². The normalized spacial score (nSPS) is 21.1. The van der Waals surface area contributed by atoms with E-state index in [1.165, 1.54) is 12.1 Å². The predicted octanol–water partition coefficient (Wildman–Crippen LogP) is 2.47. The van der Waals surface area contributed by atoms with Gasteiger partial charge in [0.1, 0.15) is 5.82 Å². The highest BCUT2D eigenvalue weighted by Crippen LogP contribution is 2.44. The fraction of sp³-hybridized carbons (Fsp3) is 0.632. The first-order chi connectivity index (χ1) is 11.4. The van der Waals surface area contributed by atoms with Crippen molar-refractivity contribution in [2.45, 2.75) is 44.1 Å². The molecule has 1 saturated carbocycles. The molecule has 0 aromatic heterocycles. The fourth-order valence-electron chi connectivity index (χ4n) is 3.71. The summed E-state index contributed by atoms with van der Waals surface area (Å²) in [6.07, 6.45) is 2.59. The van der Waals surface area contributed by atoms with Crippen LogP contribution in [0.4, 0.5) is 4.39 Å². The van der Waals surface area contributed by atoms with Crippen LogP contribution >= 0.6 is 0 Å². The quantitative estimate of drug-likeness (QED) is 0.899. The van der Waals surface area contributed by atoms with Crippen molar-refractivity contribution in [3.8, 4) is 0 Å². The molecule has 1 aromatic carbocycles. The average molecular weight is 334 g/mol. The molecule has 0 atom stereocenters. The van der Waals surface area contributed by atoms with Crippen LogP contribution in [0.25, 0.3) is 0 Å². The first-order valence-corrected chi connectivity index (χ1v) is 8.81. The molecule has 0 radical (unpaired) electrons. The number of nitrogens with one attached hydrogen (secondary N) is 1. The van der Waals surface area contributed by atoms with Gasteiger partial charge in [0.2, 0.25) is 5.91 Å². The maximum Gasteiger partial charge on any atom is 0.230 e. The van der Waals surface area contributed by atoms with Crippen LogP contribution < -0.4 is 5.32 Å². The lowest BCUT2D eigenvalue weighted by atomic mass is 9.63. The minimum absolute atomic E-state index is 0.0284. The Bertz CT molecular complexity index is 593. The van der Waals surface area contributed by atoms with Crippen LogP contribution in [0.15, 0.2) is 24.3 Å². The van der Waals surface area contributed by atoms with Crippen molar-refractivity contribution in [1.82, 2.24) is 10.2 Å². The van der Waals surface area contributed by atoms with Crippen LogP contribution in [0, 0.1) is 5.82 Å². The number of hydrogen-bond donors (Lipinski definition) is 1. The summed E-state index contributed by atoms with van der Waals surface area (Å²) < 4.78 is 19.0. The van der Waals surface area contributed by atoms with Gasteiger partial charge in [-0.3, -0.25) is 9.69 Å². The van der Waals surface area contributed by atoms with Gasteiger partial charge in [-0.1, -0.05) is 18.6 Å². The van der Waals surface area contributed by atoms with Gasteiger partial charge in [0.05, 0.1) is 18.6 Å². The van der Waals surface area contributed by atoms with E-state index in [4.69, 9.17) is 4.74 Å². The summed E-state index contributed by atoms with van der Waals surface area (Å²) in [5, 5.41) is 3.14. The third-order valence-corrected chi connectivity index (χ3v) is 5.57. The fourth-order valence-corrected chi connectivity index (χ4v) is 3.71. The van der Waals surface area contributed by atoms with Crippen molar-refractivity contribution in [2.75, 3.05) is 32.8 Å². The van der Waals surface area contributed by atoms with Crippen molar-refractivity contribution < 1.29 is 13.9 Å². The molecule has 132 valence electrons. The third kappa shape index (κ3) is 3.33. The van der Waals surface area contributed by atoms with E-state index in [0.717, 1.165) is 51.1 Å². The van der Waals surface area contributed by atoms with Crippen LogP contribution in [0.2, 0.25) is 0 Å². The molecule has 1 amide bonds. The molecule has 3 rings (SSSR count). The van der Waals surface area contributed by atoms with Gasteiger partial charge in [-0.15, -0.1) is 0 Å². The average Bonchev–Trinajstić information content (AvgIpc) is 2.53. The largest absolute Gasteiger partial charge is 0.379 e. The Morgan fingerprint density at radius 2 is 2.04 bits per heavy atom. The molecular weight excluding hydrogens is 307 g/mol. The van der Waals surface area contributed by atoms with Crippen molar-refractivity contribution >= 4 is 5.91 Å². The number of carbonyl (C=O) groups is 1. The lowest BCUT2D eigenvalue weighted by Gasteiger charge is -2.44. The molecule has 0 bridgehead atoms. The smallest absolute Gasteiger partial charge is 0.230 e. The molecule has 1 heterocycles. The van der Waals surface area contributed by atoms with Crippen LogP contribution in [-0.4, -0.2) is 49.2 Å². The van der Waals surface area contributed by atoms with E-state index in [0.29, 0.717) is 6.54 Å². The molecule has 1 aliphatic carbocycles. The van der Waals surface area contributed by atoms with Crippen LogP contribution in [0.1, 0.15) is 38.7 Å². The molecule has 1 aliphatic heterocycles. The van der Waals surface area contributed by atoms with Gasteiger partial charge in [-0.2, -0.15) is 0 Å². The summed E-state index contributed by atoms with van der Waals surface area (Å²) in [6, 6.07) is 6.49. The number of halogens is 1. The maximum atomic E-state index is 13.6. The van der Waals surface area contributed by atoms with Gasteiger partial charge >= 0.3 is 0 Å². The van der Waals surface area contributed by atoms with Gasteiger partial charge in [0.25, 0.3) is 0 Å². The van der Waals surface area contributed by atoms with Gasteiger partial charge in [-0.25, -0.2) is 4.39 Å². The number of carbonyl (C=O) groups excluding carboxylic acids is 1. The SMILES string of the molecule is CC(C)(CNC(=O)C1(c2cccc(F)c2)CCC1)N1CCOCC1. The van der Waals surface area contributed by atoms with Crippen LogP contribution in [-0.2, 0) is 14.9 Å². The molecule has 0 spiro atoms. The Morgan fingerprint density at radius 1 is 1.33 bits per heavy atom. The number of rotatable bonds is 5. The highest BCUT2D eigenvalue weighted by molar-refractivity contribution is 5.89. The Kier molecular flexibility index (Phi) is 4.92. The zero-order valence-electron chi connectivity index (χ0n) is 14.6. The maximum absolute atomic E-state index is 13.6. The van der Waals surface area contributed by atoms with E-state index < -0.39 is 5.41 Å². The zero-order chi connectivity index (χ0) is 17.2. The molecule has 1 N–H and O–H groups in total. The van der Waals surface area contributed by atoms with Crippen LogP contribution in [0.5, 0.6) is 0 Å². The molecular formula is C19H27FN2O2. The lowest BCUT2D eigenvalue weighted by Crippen LogP contribution is -2.58. The van der Waals surface area contributed by atoms with E-state index in [9.17, 15) is 9.18 Å². The summed E-state index contributed by atoms with van der Waals surface area (Å²) in [7, 11) is 0. The number of nitrogens with zero attached hydrogens (tertiary/aromatic N) is 1. The monoisotopic (exact) mass is 334 g/mol. The molecule has 4 nitrogen and oxygen atoms in total. The Balaban J connectivity index is 1.67. The second kappa shape index (κ2) is 6.81. The molecule has 1 aromatic rings. The third-order valence-electron chi connectivity index (χ3n) is 5.57. The van der Waals surface area contributed by atoms with Gasteiger partial charge in [0.15, 0.2) is 0 Å². The molecule has 1 saturated heterocycles. The highest BCUT2D eigenvalue weighted by Gasteiger charge is 2.46. The van der Waals surface area contributed by atoms with Crippen molar-refractivity contribution in [2.24, 2.45) is 0 Å². The molecule has 2 fully saturated rings. The summed E-state index contributed by atoms with van der Waals surface area (Å²) in [6.45, 7) is 8.14. The highest BCUT2D eigenvalue weighted by atomic mass is 19.1. The molecule has 2 aliphatic rings. The standard InChI is InChI=1S/C19H27FN2O2/c1-18(2,22-9-11-24-12-10-22)14-21-17(23)19(7-4-8-19)15-5-3-6-16(20)13-15/h3,5-6,13H,4,7-12,14H2,1-2H3,(H,21,23). The molecule has 5 heteroatoms. The minimum atomic E-state index is -0.552. The van der Waals surface area contributed by atoms with Crippen molar-refractivity contribution in [3.63, 3.8) is 0 Å². The second-order valence-electron chi connectivity index (χ2n) is 7.54. The number of hydrogen-bond acceptors (Lipinski definition) is 3. The molecule has 0 unspecified atom stereocenters. The Labute approximate surface area is 143 Å². The number of morpholine rings is 1. The van der Waals surface area contributed by atoms with E-state index in [-0.39, 0.29) is 17.3 Å². The molecule has 24 heavy (non-hydrogen) atoms. The second-order valence-corrected chi connectivity index (χ2v) is 7.54. The van der Waals surface area contributed by atoms with Gasteiger partial charge in [0, 0.05) is 25.2 Å². The number of benzene rings is 1. The number of amides is 1. The van der Waals surface area contributed by atoms with Crippen molar-refractivity contribution in [1.29, 1.82) is 0 Å². The summed E-state index contributed by atoms with van der Waals surface area (Å²) in [5.74, 6) is -0.249. The summed E-state index contributed by atoms with van der Waals surface area (Å²) in [4.78, 5) is 15.3. The summed E-state index contributed by atoms with van der Waals surface area (Å²) in [5.41, 5.74) is 0.130. The number of ether oxygens (including phenoxy) is 1. The minimum Gasteiger partial charge on any atom is -0.379 e.